The zero-order valence-electron chi connectivity index (χ0n) is 17.3. The number of carbonyl (C=O) groups excluding carboxylic acids is 2. The Morgan fingerprint density at radius 3 is 2.50 bits per heavy atom. The lowest BCUT2D eigenvalue weighted by molar-refractivity contribution is -0.119. The van der Waals surface area contributed by atoms with E-state index in [1.54, 1.807) is 12.1 Å². The molecule has 2 aromatic rings. The molecule has 0 atom stereocenters. The van der Waals surface area contributed by atoms with E-state index < -0.39 is 5.97 Å². The maximum atomic E-state index is 12.5. The van der Waals surface area contributed by atoms with Crippen molar-refractivity contribution in [3.63, 3.8) is 0 Å². The second-order valence-corrected chi connectivity index (χ2v) is 7.75. The van der Waals surface area contributed by atoms with Gasteiger partial charge in [-0.1, -0.05) is 18.2 Å². The fourth-order valence-electron chi connectivity index (χ4n) is 3.27. The molecule has 1 fully saturated rings. The Morgan fingerprint density at radius 1 is 1.03 bits per heavy atom. The Kier molecular flexibility index (Phi) is 6.84. The number of rotatable bonds is 9. The molecule has 1 aliphatic carbocycles. The normalized spacial score (nSPS) is 13.2. The molecular weight excluding hydrogens is 382 g/mol. The highest BCUT2D eigenvalue weighted by molar-refractivity contribution is 5.94. The van der Waals surface area contributed by atoms with E-state index in [0.29, 0.717) is 18.3 Å². The fourth-order valence-corrected chi connectivity index (χ4v) is 3.27. The third-order valence-corrected chi connectivity index (χ3v) is 5.10. The molecule has 2 aromatic carbocycles. The number of anilines is 2. The van der Waals surface area contributed by atoms with E-state index in [1.807, 2.05) is 36.9 Å². The molecule has 158 valence electrons. The summed E-state index contributed by atoms with van der Waals surface area (Å²) in [5.74, 6) is -1.34. The van der Waals surface area contributed by atoms with Crippen molar-refractivity contribution in [1.82, 2.24) is 4.90 Å². The molecule has 0 bridgehead atoms. The molecule has 0 unspecified atom stereocenters. The van der Waals surface area contributed by atoms with Gasteiger partial charge in [-0.15, -0.1) is 0 Å². The van der Waals surface area contributed by atoms with E-state index in [2.05, 4.69) is 10.6 Å². The van der Waals surface area contributed by atoms with Crippen molar-refractivity contribution in [1.29, 1.82) is 0 Å². The molecule has 0 radical (unpaired) electrons. The van der Waals surface area contributed by atoms with E-state index in [4.69, 9.17) is 5.11 Å². The monoisotopic (exact) mass is 409 g/mol. The lowest BCUT2D eigenvalue weighted by Crippen LogP contribution is -2.37. The predicted octanol–water partition coefficient (Wildman–Crippen LogP) is 3.43. The van der Waals surface area contributed by atoms with E-state index in [0.717, 1.165) is 29.7 Å². The number of carboxylic acids is 1. The van der Waals surface area contributed by atoms with Gasteiger partial charge in [0.05, 0.1) is 12.1 Å². The molecule has 2 amide bonds. The quantitative estimate of drug-likeness (QED) is 0.589. The summed E-state index contributed by atoms with van der Waals surface area (Å²) in [6.45, 7) is 4.64. The minimum atomic E-state index is -1.04. The largest absolute Gasteiger partial charge is 0.478 e. The van der Waals surface area contributed by atoms with E-state index in [9.17, 15) is 14.4 Å². The van der Waals surface area contributed by atoms with Crippen molar-refractivity contribution >= 4 is 29.2 Å². The molecule has 7 nitrogen and oxygen atoms in total. The van der Waals surface area contributed by atoms with Gasteiger partial charge in [0.15, 0.2) is 0 Å². The van der Waals surface area contributed by atoms with Crippen molar-refractivity contribution in [2.75, 3.05) is 23.7 Å². The summed E-state index contributed by atoms with van der Waals surface area (Å²) in [5, 5.41) is 14.8. The number of hydrogen-bond donors (Lipinski definition) is 3. The Labute approximate surface area is 176 Å². The summed E-state index contributed by atoms with van der Waals surface area (Å²) in [7, 11) is 0. The summed E-state index contributed by atoms with van der Waals surface area (Å²) in [4.78, 5) is 37.9. The molecule has 0 aromatic heterocycles. The van der Waals surface area contributed by atoms with Gasteiger partial charge in [0, 0.05) is 30.4 Å². The van der Waals surface area contributed by atoms with Crippen molar-refractivity contribution in [2.24, 2.45) is 0 Å². The van der Waals surface area contributed by atoms with Crippen LogP contribution in [0.3, 0.4) is 0 Å². The van der Waals surface area contributed by atoms with Crippen LogP contribution >= 0.6 is 0 Å². The van der Waals surface area contributed by atoms with Crippen LogP contribution in [0.1, 0.15) is 40.7 Å². The molecule has 1 aliphatic rings. The van der Waals surface area contributed by atoms with Crippen LogP contribution in [-0.4, -0.2) is 46.9 Å². The van der Waals surface area contributed by atoms with Gasteiger partial charge in [-0.25, -0.2) is 4.79 Å². The number of benzene rings is 2. The number of nitrogens with one attached hydrogen (secondary N) is 2. The van der Waals surface area contributed by atoms with Crippen LogP contribution in [-0.2, 0) is 9.59 Å². The number of carboxylic acid groups (broad SMARTS) is 1. The maximum absolute atomic E-state index is 12.5. The second kappa shape index (κ2) is 9.54. The molecule has 0 heterocycles. The average Bonchev–Trinajstić information content (AvgIpc) is 3.53. The summed E-state index contributed by atoms with van der Waals surface area (Å²) < 4.78 is 0. The number of hydrogen-bond acceptors (Lipinski definition) is 4. The molecular formula is C23H27N3O4. The topological polar surface area (TPSA) is 98.7 Å². The lowest BCUT2D eigenvalue weighted by atomic mass is 10.1. The molecule has 30 heavy (non-hydrogen) atoms. The predicted molar refractivity (Wildman–Crippen MR) is 116 cm³/mol. The summed E-state index contributed by atoms with van der Waals surface area (Å²) in [6, 6.07) is 12.4. The van der Waals surface area contributed by atoms with Gasteiger partial charge in [0.2, 0.25) is 11.8 Å². The first kappa shape index (κ1) is 21.5. The van der Waals surface area contributed by atoms with E-state index >= 15 is 0 Å². The van der Waals surface area contributed by atoms with Gasteiger partial charge in [-0.05, 0) is 62.1 Å². The summed E-state index contributed by atoms with van der Waals surface area (Å²) in [6.07, 6.45) is 2.28. The van der Waals surface area contributed by atoms with Crippen molar-refractivity contribution < 1.29 is 19.5 Å². The number of aryl methyl sites for hydroxylation is 2. The third kappa shape index (κ3) is 6.15. The highest BCUT2D eigenvalue weighted by Crippen LogP contribution is 2.27. The Bertz CT molecular complexity index is 953. The first-order valence-corrected chi connectivity index (χ1v) is 10.1. The SMILES string of the molecule is Cc1ccc(C)c(NC(=O)CN(CCC(=O)Nc2cccc(C(=O)O)c2)C2CC2)c1. The van der Waals surface area contributed by atoms with Crippen molar-refractivity contribution in [3.8, 4) is 0 Å². The Balaban J connectivity index is 1.52. The Hall–Kier alpha value is -3.19. The van der Waals surface area contributed by atoms with Gasteiger partial charge in [-0.2, -0.15) is 0 Å². The molecule has 3 rings (SSSR count). The number of carbonyl (C=O) groups is 3. The number of amides is 2. The minimum absolute atomic E-state index is 0.0924. The molecule has 0 saturated heterocycles. The van der Waals surface area contributed by atoms with Crippen molar-refractivity contribution in [2.45, 2.75) is 39.2 Å². The van der Waals surface area contributed by atoms with Gasteiger partial charge >= 0.3 is 5.97 Å². The van der Waals surface area contributed by atoms with Crippen LogP contribution in [0.5, 0.6) is 0 Å². The third-order valence-electron chi connectivity index (χ3n) is 5.10. The van der Waals surface area contributed by atoms with Gasteiger partial charge in [0.1, 0.15) is 0 Å². The fraction of sp³-hybridized carbons (Fsp3) is 0.348. The second-order valence-electron chi connectivity index (χ2n) is 7.75. The smallest absolute Gasteiger partial charge is 0.335 e. The van der Waals surface area contributed by atoms with E-state index in [-0.39, 0.29) is 30.3 Å². The van der Waals surface area contributed by atoms with Crippen molar-refractivity contribution in [3.05, 3.63) is 59.2 Å². The molecule has 1 saturated carbocycles. The zero-order valence-corrected chi connectivity index (χ0v) is 17.3. The molecule has 0 aliphatic heterocycles. The lowest BCUT2D eigenvalue weighted by Gasteiger charge is -2.21. The molecule has 3 N–H and O–H groups in total. The van der Waals surface area contributed by atoms with Crippen LogP contribution < -0.4 is 10.6 Å². The minimum Gasteiger partial charge on any atom is -0.478 e. The number of aromatic carboxylic acids is 1. The maximum Gasteiger partial charge on any atom is 0.335 e. The van der Waals surface area contributed by atoms with Crippen LogP contribution in [0.25, 0.3) is 0 Å². The van der Waals surface area contributed by atoms with Crippen LogP contribution in [0.4, 0.5) is 11.4 Å². The standard InChI is InChI=1S/C23H27N3O4/c1-15-6-7-16(2)20(12-15)25-22(28)14-26(19-8-9-19)11-10-21(27)24-18-5-3-4-17(13-18)23(29)30/h3-7,12-13,19H,8-11,14H2,1-2H3,(H,24,27)(H,25,28)(H,29,30). The van der Waals surface area contributed by atoms with Crippen LogP contribution in [0, 0.1) is 13.8 Å². The van der Waals surface area contributed by atoms with Crippen LogP contribution in [0.2, 0.25) is 0 Å². The van der Waals surface area contributed by atoms with Gasteiger partial charge in [0.25, 0.3) is 0 Å². The first-order chi connectivity index (χ1) is 14.3. The van der Waals surface area contributed by atoms with Gasteiger partial charge in [-0.3, -0.25) is 14.5 Å². The summed E-state index contributed by atoms with van der Waals surface area (Å²) in [5.41, 5.74) is 3.47. The Morgan fingerprint density at radius 2 is 1.80 bits per heavy atom. The highest BCUT2D eigenvalue weighted by Gasteiger charge is 2.30. The molecule has 0 spiro atoms. The summed E-state index contributed by atoms with van der Waals surface area (Å²) >= 11 is 0. The average molecular weight is 409 g/mol. The van der Waals surface area contributed by atoms with Gasteiger partial charge < -0.3 is 15.7 Å². The number of nitrogens with zero attached hydrogens (tertiary/aromatic N) is 1. The highest BCUT2D eigenvalue weighted by atomic mass is 16.4. The molecule has 7 heteroatoms. The first-order valence-electron chi connectivity index (χ1n) is 10.1. The van der Waals surface area contributed by atoms with Crippen LogP contribution in [0.15, 0.2) is 42.5 Å². The zero-order chi connectivity index (χ0) is 21.7. The van der Waals surface area contributed by atoms with E-state index in [1.165, 1.54) is 12.1 Å².